The summed E-state index contributed by atoms with van der Waals surface area (Å²) in [5.74, 6) is -0.380. The second kappa shape index (κ2) is 9.82. The zero-order valence-electron chi connectivity index (χ0n) is 19.4. The highest BCUT2D eigenvalue weighted by Crippen LogP contribution is 2.31. The van der Waals surface area contributed by atoms with Crippen LogP contribution >= 0.6 is 0 Å². The number of aryl methyl sites for hydroxylation is 3. The molecule has 1 saturated heterocycles. The predicted octanol–water partition coefficient (Wildman–Crippen LogP) is 3.56. The highest BCUT2D eigenvalue weighted by Gasteiger charge is 2.40. The molecule has 2 aromatic rings. The Balaban J connectivity index is 1.76. The highest BCUT2D eigenvalue weighted by molar-refractivity contribution is 7.92. The average molecular weight is 494 g/mol. The van der Waals surface area contributed by atoms with Gasteiger partial charge in [0.1, 0.15) is 6.04 Å². The van der Waals surface area contributed by atoms with E-state index < -0.39 is 32.0 Å². The van der Waals surface area contributed by atoms with Crippen LogP contribution in [-0.2, 0) is 24.8 Å². The number of sulfonamides is 2. The van der Waals surface area contributed by atoms with Gasteiger partial charge in [-0.3, -0.25) is 9.52 Å². The quantitative estimate of drug-likeness (QED) is 0.584. The lowest BCUT2D eigenvalue weighted by Gasteiger charge is -2.25. The molecule has 180 valence electrons. The molecule has 2 N–H and O–H groups in total. The fourth-order valence-corrected chi connectivity index (χ4v) is 7.53. The summed E-state index contributed by atoms with van der Waals surface area (Å²) < 4.78 is 54.5. The molecule has 0 spiro atoms. The number of nitrogens with zero attached hydrogens (tertiary/aromatic N) is 1. The lowest BCUT2D eigenvalue weighted by Crippen LogP contribution is -2.43. The molecular weight excluding hydrogens is 462 g/mol. The van der Waals surface area contributed by atoms with Gasteiger partial charge in [-0.2, -0.15) is 4.31 Å². The third-order valence-corrected chi connectivity index (χ3v) is 9.28. The molecule has 33 heavy (non-hydrogen) atoms. The predicted molar refractivity (Wildman–Crippen MR) is 130 cm³/mol. The fraction of sp³-hybridized carbons (Fsp3) is 0.435. The van der Waals surface area contributed by atoms with Gasteiger partial charge in [0.05, 0.1) is 10.6 Å². The first-order chi connectivity index (χ1) is 15.4. The van der Waals surface area contributed by atoms with Crippen LogP contribution in [0, 0.1) is 20.8 Å². The first kappa shape index (κ1) is 25.2. The largest absolute Gasteiger partial charge is 0.325 e. The number of anilines is 2. The summed E-state index contributed by atoms with van der Waals surface area (Å²) in [5, 5.41) is 2.77. The lowest BCUT2D eigenvalue weighted by atomic mass is 10.1. The second-order valence-corrected chi connectivity index (χ2v) is 12.2. The Bertz CT molecular complexity index is 1220. The molecule has 1 atom stereocenters. The van der Waals surface area contributed by atoms with Crippen molar-refractivity contribution in [2.45, 2.75) is 57.9 Å². The van der Waals surface area contributed by atoms with Crippen molar-refractivity contribution < 1.29 is 21.6 Å². The minimum absolute atomic E-state index is 0.0252. The van der Waals surface area contributed by atoms with E-state index in [1.807, 2.05) is 19.1 Å². The second-order valence-electron chi connectivity index (χ2n) is 8.49. The van der Waals surface area contributed by atoms with E-state index >= 15 is 0 Å². The van der Waals surface area contributed by atoms with Crippen molar-refractivity contribution in [2.24, 2.45) is 0 Å². The molecule has 0 radical (unpaired) electrons. The molecule has 3 rings (SSSR count). The number of carbonyl (C=O) groups is 1. The van der Waals surface area contributed by atoms with Gasteiger partial charge in [-0.05, 0) is 75.4 Å². The smallest absolute Gasteiger partial charge is 0.244 e. The van der Waals surface area contributed by atoms with Crippen LogP contribution in [-0.4, -0.2) is 45.4 Å². The van der Waals surface area contributed by atoms with E-state index in [1.165, 1.54) is 4.31 Å². The fourth-order valence-electron chi connectivity index (χ4n) is 4.33. The van der Waals surface area contributed by atoms with Gasteiger partial charge in [0, 0.05) is 17.9 Å². The summed E-state index contributed by atoms with van der Waals surface area (Å²) in [7, 11) is -7.24. The van der Waals surface area contributed by atoms with Crippen LogP contribution in [0.25, 0.3) is 0 Å². The van der Waals surface area contributed by atoms with Crippen LogP contribution in [0.5, 0.6) is 0 Å². The molecule has 1 aliphatic rings. The zero-order chi connectivity index (χ0) is 24.4. The minimum atomic E-state index is -3.84. The molecule has 1 fully saturated rings. The van der Waals surface area contributed by atoms with Gasteiger partial charge in [0.25, 0.3) is 0 Å². The Morgan fingerprint density at radius 2 is 1.58 bits per heavy atom. The number of hydrogen-bond acceptors (Lipinski definition) is 5. The molecule has 0 bridgehead atoms. The molecular formula is C23H31N3O5S2. The van der Waals surface area contributed by atoms with Crippen LogP contribution in [0.2, 0.25) is 0 Å². The molecule has 2 aromatic carbocycles. The van der Waals surface area contributed by atoms with Crippen molar-refractivity contribution in [3.63, 3.8) is 0 Å². The Morgan fingerprint density at radius 1 is 1.00 bits per heavy atom. The molecule has 8 nitrogen and oxygen atoms in total. The Labute approximate surface area is 196 Å². The minimum Gasteiger partial charge on any atom is -0.325 e. The van der Waals surface area contributed by atoms with E-state index in [2.05, 4.69) is 10.0 Å². The van der Waals surface area contributed by atoms with E-state index in [-0.39, 0.29) is 17.2 Å². The third kappa shape index (κ3) is 5.74. The maximum absolute atomic E-state index is 13.5. The maximum atomic E-state index is 13.5. The van der Waals surface area contributed by atoms with Crippen LogP contribution in [0.4, 0.5) is 11.4 Å². The molecule has 0 aromatic heterocycles. The Kier molecular flexibility index (Phi) is 7.50. The molecule has 1 amide bonds. The Hall–Kier alpha value is -2.43. The molecule has 1 aliphatic heterocycles. The van der Waals surface area contributed by atoms with Crippen LogP contribution in [0.3, 0.4) is 0 Å². The molecule has 1 heterocycles. The summed E-state index contributed by atoms with van der Waals surface area (Å²) in [5.41, 5.74) is 3.18. The van der Waals surface area contributed by atoms with E-state index in [0.717, 1.165) is 5.56 Å². The van der Waals surface area contributed by atoms with E-state index in [4.69, 9.17) is 0 Å². The summed E-state index contributed by atoms with van der Waals surface area (Å²) in [6.45, 7) is 7.53. The van der Waals surface area contributed by atoms with Crippen molar-refractivity contribution >= 4 is 37.3 Å². The normalized spacial score (nSPS) is 17.2. The number of amides is 1. The van der Waals surface area contributed by atoms with Gasteiger partial charge < -0.3 is 5.32 Å². The standard InChI is InChI=1S/C23H31N3O5S2/c1-5-13-32(28,29)25-20-10-8-19(9-11-20)24-23(27)21-7-6-12-26(21)33(30,31)22-17(3)14-16(2)15-18(22)4/h8-11,14-15,21,25H,5-7,12-13H2,1-4H3,(H,24,27). The summed E-state index contributed by atoms with van der Waals surface area (Å²) in [6, 6.07) is 9.16. The lowest BCUT2D eigenvalue weighted by molar-refractivity contribution is -0.119. The summed E-state index contributed by atoms with van der Waals surface area (Å²) >= 11 is 0. The van der Waals surface area contributed by atoms with Crippen molar-refractivity contribution in [3.05, 3.63) is 53.1 Å². The van der Waals surface area contributed by atoms with Crippen molar-refractivity contribution in [2.75, 3.05) is 22.3 Å². The van der Waals surface area contributed by atoms with Crippen LogP contribution < -0.4 is 10.0 Å². The highest BCUT2D eigenvalue weighted by atomic mass is 32.2. The van der Waals surface area contributed by atoms with E-state index in [1.54, 1.807) is 45.0 Å². The first-order valence-electron chi connectivity index (χ1n) is 11.0. The van der Waals surface area contributed by atoms with Crippen molar-refractivity contribution in [3.8, 4) is 0 Å². The van der Waals surface area contributed by atoms with Crippen LogP contribution in [0.15, 0.2) is 41.3 Å². The van der Waals surface area contributed by atoms with Gasteiger partial charge in [-0.25, -0.2) is 16.8 Å². The SMILES string of the molecule is CCCS(=O)(=O)Nc1ccc(NC(=O)C2CCCN2S(=O)(=O)c2c(C)cc(C)cc2C)cc1. The Morgan fingerprint density at radius 3 is 2.15 bits per heavy atom. The topological polar surface area (TPSA) is 113 Å². The number of hydrogen-bond donors (Lipinski definition) is 2. The van der Waals surface area contributed by atoms with Gasteiger partial charge in [0.15, 0.2) is 0 Å². The van der Waals surface area contributed by atoms with Crippen molar-refractivity contribution in [1.82, 2.24) is 4.31 Å². The van der Waals surface area contributed by atoms with Gasteiger partial charge >= 0.3 is 0 Å². The van der Waals surface area contributed by atoms with E-state index in [0.29, 0.717) is 41.8 Å². The molecule has 1 unspecified atom stereocenters. The molecule has 0 saturated carbocycles. The monoisotopic (exact) mass is 493 g/mol. The number of rotatable bonds is 8. The molecule has 10 heteroatoms. The van der Waals surface area contributed by atoms with Gasteiger partial charge in [-0.15, -0.1) is 0 Å². The maximum Gasteiger partial charge on any atom is 0.244 e. The number of nitrogens with one attached hydrogen (secondary N) is 2. The summed E-state index contributed by atoms with van der Waals surface area (Å²) in [6.07, 6.45) is 1.54. The van der Waals surface area contributed by atoms with Gasteiger partial charge in [0.2, 0.25) is 26.0 Å². The average Bonchev–Trinajstić information content (AvgIpc) is 3.19. The summed E-state index contributed by atoms with van der Waals surface area (Å²) in [4.78, 5) is 13.3. The van der Waals surface area contributed by atoms with Crippen molar-refractivity contribution in [1.29, 1.82) is 0 Å². The number of carbonyl (C=O) groups excluding carboxylic acids is 1. The van der Waals surface area contributed by atoms with Crippen LogP contribution in [0.1, 0.15) is 42.9 Å². The molecule has 0 aliphatic carbocycles. The van der Waals surface area contributed by atoms with E-state index in [9.17, 15) is 21.6 Å². The van der Waals surface area contributed by atoms with Gasteiger partial charge in [-0.1, -0.05) is 24.6 Å². The third-order valence-electron chi connectivity index (χ3n) is 5.58. The first-order valence-corrected chi connectivity index (χ1v) is 14.0. The zero-order valence-corrected chi connectivity index (χ0v) is 21.0. The number of benzene rings is 2.